The van der Waals surface area contributed by atoms with E-state index in [1.807, 2.05) is 6.20 Å². The summed E-state index contributed by atoms with van der Waals surface area (Å²) in [6.45, 7) is 10.9. The first-order chi connectivity index (χ1) is 13.3. The molecule has 0 aromatic carbocycles. The van der Waals surface area contributed by atoms with E-state index in [4.69, 9.17) is 14.5 Å². The summed E-state index contributed by atoms with van der Waals surface area (Å²) in [6, 6.07) is -0.0629. The van der Waals surface area contributed by atoms with Crippen LogP contribution in [0.2, 0.25) is 0 Å². The van der Waals surface area contributed by atoms with Gasteiger partial charge in [0.05, 0.1) is 23.9 Å². The smallest absolute Gasteiger partial charge is 0.249 e. The fraction of sp³-hybridized carbons (Fsp3) is 0.762. The fourth-order valence-corrected chi connectivity index (χ4v) is 4.71. The third-order valence-electron chi connectivity index (χ3n) is 5.91. The summed E-state index contributed by atoms with van der Waals surface area (Å²) in [7, 11) is 0. The van der Waals surface area contributed by atoms with Gasteiger partial charge in [0.1, 0.15) is 6.10 Å². The van der Waals surface area contributed by atoms with Crippen LogP contribution in [0.25, 0.3) is 0 Å². The highest BCUT2D eigenvalue weighted by molar-refractivity contribution is 5.81. The van der Waals surface area contributed by atoms with Crippen molar-refractivity contribution >= 4 is 11.9 Å². The Balaban J connectivity index is 1.56. The van der Waals surface area contributed by atoms with Crippen molar-refractivity contribution < 1.29 is 14.3 Å². The molecule has 0 radical (unpaired) electrons. The van der Waals surface area contributed by atoms with Crippen LogP contribution >= 0.6 is 0 Å². The second-order valence-corrected chi connectivity index (χ2v) is 9.34. The summed E-state index contributed by atoms with van der Waals surface area (Å²) in [5.41, 5.74) is 2.16. The molecule has 0 saturated carbocycles. The molecule has 28 heavy (non-hydrogen) atoms. The lowest BCUT2D eigenvalue weighted by molar-refractivity contribution is -0.131. The maximum atomic E-state index is 12.6. The molecule has 1 aromatic rings. The third-order valence-corrected chi connectivity index (χ3v) is 5.91. The fourth-order valence-electron chi connectivity index (χ4n) is 4.71. The Morgan fingerprint density at radius 3 is 2.71 bits per heavy atom. The van der Waals surface area contributed by atoms with Crippen LogP contribution in [0.1, 0.15) is 64.3 Å². The number of carbonyl (C=O) groups excluding carboxylic acids is 1. The molecule has 4 atom stereocenters. The van der Waals surface area contributed by atoms with E-state index in [2.05, 4.69) is 42.9 Å². The molecule has 154 valence electrons. The van der Waals surface area contributed by atoms with Gasteiger partial charge < -0.3 is 19.7 Å². The van der Waals surface area contributed by atoms with Gasteiger partial charge in [-0.25, -0.2) is 9.97 Å². The number of hydrogen-bond donors (Lipinski definition) is 1. The molecule has 0 unspecified atom stereocenters. The topological polar surface area (TPSA) is 76.6 Å². The number of morpholine rings is 1. The number of nitrogens with zero attached hydrogens (tertiary/aromatic N) is 3. The minimum Gasteiger partial charge on any atom is -0.372 e. The van der Waals surface area contributed by atoms with Crippen molar-refractivity contribution in [2.45, 2.75) is 77.7 Å². The highest BCUT2D eigenvalue weighted by Gasteiger charge is 2.36. The Bertz CT molecular complexity index is 722. The summed E-state index contributed by atoms with van der Waals surface area (Å²) in [5.74, 6) is 0.758. The van der Waals surface area contributed by atoms with E-state index in [9.17, 15) is 4.79 Å². The summed E-state index contributed by atoms with van der Waals surface area (Å²) in [5, 5.41) is 3.21. The number of carbonyl (C=O) groups is 1. The van der Waals surface area contributed by atoms with Crippen molar-refractivity contribution in [3.8, 4) is 0 Å². The quantitative estimate of drug-likeness (QED) is 0.857. The molecule has 0 bridgehead atoms. The zero-order chi connectivity index (χ0) is 19.9. The standard InChI is InChI=1S/C21H32N4O3/c1-13-11-25(12-14(2)28-13)20-22-10-15-16(8-21(3,4)9-17(15)24-20)23-19(26)18-6-5-7-27-18/h10,13-14,16,18H,5-9,11-12H2,1-4H3,(H,23,26)/t13-,14-,16+,18-/m1/s1. The van der Waals surface area contributed by atoms with E-state index < -0.39 is 0 Å². The van der Waals surface area contributed by atoms with Crippen molar-refractivity contribution in [2.75, 3.05) is 24.6 Å². The van der Waals surface area contributed by atoms with Crippen LogP contribution in [0, 0.1) is 5.41 Å². The molecule has 1 N–H and O–H groups in total. The molecule has 7 nitrogen and oxygen atoms in total. The predicted octanol–water partition coefficient (Wildman–Crippen LogP) is 2.40. The molecule has 2 fully saturated rings. The highest BCUT2D eigenvalue weighted by atomic mass is 16.5. The van der Waals surface area contributed by atoms with Gasteiger partial charge in [0.2, 0.25) is 11.9 Å². The van der Waals surface area contributed by atoms with Gasteiger partial charge in [0.15, 0.2) is 0 Å². The van der Waals surface area contributed by atoms with Crippen LogP contribution in [-0.2, 0) is 20.7 Å². The number of fused-ring (bicyclic) bond motifs is 1. The molecule has 1 aromatic heterocycles. The molecule has 7 heteroatoms. The van der Waals surface area contributed by atoms with Crippen molar-refractivity contribution in [3.05, 3.63) is 17.5 Å². The van der Waals surface area contributed by atoms with E-state index >= 15 is 0 Å². The average Bonchev–Trinajstić information content (AvgIpc) is 3.14. The highest BCUT2D eigenvalue weighted by Crippen LogP contribution is 2.40. The SMILES string of the molecule is C[C@@H]1CN(c2ncc3c(n2)CC(C)(C)C[C@@H]3NC(=O)[C@H]2CCCO2)C[C@@H](C)O1. The largest absolute Gasteiger partial charge is 0.372 e. The molecule has 3 heterocycles. The summed E-state index contributed by atoms with van der Waals surface area (Å²) in [4.78, 5) is 24.4. The lowest BCUT2D eigenvalue weighted by Crippen LogP contribution is -2.46. The van der Waals surface area contributed by atoms with E-state index in [0.29, 0.717) is 6.61 Å². The second kappa shape index (κ2) is 7.59. The number of amides is 1. The van der Waals surface area contributed by atoms with Crippen LogP contribution in [0.3, 0.4) is 0 Å². The molecule has 1 aliphatic carbocycles. The van der Waals surface area contributed by atoms with Crippen LogP contribution in [-0.4, -0.2) is 53.9 Å². The first-order valence-electron chi connectivity index (χ1n) is 10.5. The van der Waals surface area contributed by atoms with Gasteiger partial charge in [-0.3, -0.25) is 4.79 Å². The minimum atomic E-state index is -0.315. The number of aromatic nitrogens is 2. The second-order valence-electron chi connectivity index (χ2n) is 9.34. The van der Waals surface area contributed by atoms with Gasteiger partial charge in [-0.05, 0) is 44.9 Å². The first kappa shape index (κ1) is 19.6. The normalized spacial score (nSPS) is 32.1. The molecule has 2 saturated heterocycles. The Morgan fingerprint density at radius 2 is 2.04 bits per heavy atom. The van der Waals surface area contributed by atoms with Crippen molar-refractivity contribution in [1.29, 1.82) is 0 Å². The predicted molar refractivity (Wildman–Crippen MR) is 106 cm³/mol. The molecular formula is C21H32N4O3. The van der Waals surface area contributed by atoms with Gasteiger partial charge in [0, 0.05) is 31.5 Å². The van der Waals surface area contributed by atoms with Crippen LogP contribution in [0.5, 0.6) is 0 Å². The Morgan fingerprint density at radius 1 is 1.29 bits per heavy atom. The first-order valence-corrected chi connectivity index (χ1v) is 10.5. The number of nitrogens with one attached hydrogen (secondary N) is 1. The van der Waals surface area contributed by atoms with Crippen LogP contribution < -0.4 is 10.2 Å². The van der Waals surface area contributed by atoms with Gasteiger partial charge >= 0.3 is 0 Å². The molecule has 0 spiro atoms. The Kier molecular flexibility index (Phi) is 5.31. The van der Waals surface area contributed by atoms with Gasteiger partial charge in [-0.2, -0.15) is 0 Å². The molecule has 3 aliphatic rings. The van der Waals surface area contributed by atoms with Crippen LogP contribution in [0.4, 0.5) is 5.95 Å². The van der Waals surface area contributed by atoms with Crippen LogP contribution in [0.15, 0.2) is 6.20 Å². The molecule has 2 aliphatic heterocycles. The molecule has 1 amide bonds. The minimum absolute atomic E-state index is 0.00828. The number of rotatable bonds is 3. The maximum absolute atomic E-state index is 12.6. The number of hydrogen-bond acceptors (Lipinski definition) is 6. The Hall–Kier alpha value is -1.73. The van der Waals surface area contributed by atoms with Gasteiger partial charge in [-0.1, -0.05) is 13.8 Å². The summed E-state index contributed by atoms with van der Waals surface area (Å²) < 4.78 is 11.4. The summed E-state index contributed by atoms with van der Waals surface area (Å²) in [6.07, 6.45) is 5.46. The zero-order valence-electron chi connectivity index (χ0n) is 17.4. The molecule has 4 rings (SSSR count). The van der Waals surface area contributed by atoms with Gasteiger partial charge in [0.25, 0.3) is 0 Å². The van der Waals surface area contributed by atoms with E-state index in [1.54, 1.807) is 0 Å². The number of anilines is 1. The van der Waals surface area contributed by atoms with E-state index in [0.717, 1.165) is 56.0 Å². The van der Waals surface area contributed by atoms with Crippen molar-refractivity contribution in [1.82, 2.24) is 15.3 Å². The zero-order valence-corrected chi connectivity index (χ0v) is 17.4. The van der Waals surface area contributed by atoms with E-state index in [1.165, 1.54) is 0 Å². The third kappa shape index (κ3) is 4.15. The number of ether oxygens (including phenoxy) is 2. The Labute approximate surface area is 167 Å². The average molecular weight is 389 g/mol. The maximum Gasteiger partial charge on any atom is 0.249 e. The monoisotopic (exact) mass is 388 g/mol. The lowest BCUT2D eigenvalue weighted by Gasteiger charge is -2.38. The lowest BCUT2D eigenvalue weighted by atomic mass is 9.74. The van der Waals surface area contributed by atoms with E-state index in [-0.39, 0.29) is 35.7 Å². The van der Waals surface area contributed by atoms with Crippen molar-refractivity contribution in [3.63, 3.8) is 0 Å². The van der Waals surface area contributed by atoms with Crippen molar-refractivity contribution in [2.24, 2.45) is 5.41 Å². The van der Waals surface area contributed by atoms with Gasteiger partial charge in [-0.15, -0.1) is 0 Å². The molecular weight excluding hydrogens is 356 g/mol. The summed E-state index contributed by atoms with van der Waals surface area (Å²) >= 11 is 0.